The van der Waals surface area contributed by atoms with Crippen LogP contribution in [0.3, 0.4) is 0 Å². The van der Waals surface area contributed by atoms with Crippen LogP contribution in [-0.4, -0.2) is 37.6 Å². The number of carbonyl (C=O) groups is 1. The van der Waals surface area contributed by atoms with Crippen LogP contribution in [0.15, 0.2) is 35.3 Å². The first-order valence-corrected chi connectivity index (χ1v) is 7.85. The van der Waals surface area contributed by atoms with Gasteiger partial charge in [0, 0.05) is 19.4 Å². The zero-order valence-electron chi connectivity index (χ0n) is 14.9. The Morgan fingerprint density at radius 2 is 1.79 bits per heavy atom. The first-order chi connectivity index (χ1) is 11.2. The molecule has 0 aliphatic carbocycles. The van der Waals surface area contributed by atoms with Crippen LogP contribution in [0.4, 0.5) is 0 Å². The average Bonchev–Trinajstić information content (AvgIpc) is 2.78. The first kappa shape index (κ1) is 16.9. The number of methoxy groups -OCH3 is 2. The van der Waals surface area contributed by atoms with Crippen LogP contribution in [-0.2, 0) is 29.3 Å². The van der Waals surface area contributed by atoms with E-state index in [1.54, 1.807) is 6.92 Å². The van der Waals surface area contributed by atoms with Crippen molar-refractivity contribution in [1.29, 1.82) is 0 Å². The number of nitrogens with zero attached hydrogens (tertiary/aromatic N) is 1. The summed E-state index contributed by atoms with van der Waals surface area (Å²) < 4.78 is 22.6. The minimum atomic E-state index is -1.46. The minimum absolute atomic E-state index is 0.411. The standard InChI is InChI=1S/C18H23NO5/c1-12-19-17(15(2,3)4)16(14(20)21-5,13-10-8-7-9-11-13)24-18(17,22-6)23-12/h7-11H,1-6H3/t16-,17-,18-/m1/s1. The zero-order chi connectivity index (χ0) is 17.8. The molecule has 6 nitrogen and oxygen atoms in total. The third kappa shape index (κ3) is 1.67. The van der Waals surface area contributed by atoms with Gasteiger partial charge in [0.2, 0.25) is 11.1 Å². The molecule has 1 aromatic rings. The highest BCUT2D eigenvalue weighted by Gasteiger charge is 2.89. The van der Waals surface area contributed by atoms with Crippen molar-refractivity contribution in [2.45, 2.75) is 44.8 Å². The van der Waals surface area contributed by atoms with Crippen molar-refractivity contribution in [3.63, 3.8) is 0 Å². The van der Waals surface area contributed by atoms with Crippen LogP contribution >= 0.6 is 0 Å². The summed E-state index contributed by atoms with van der Waals surface area (Å²) in [5.74, 6) is -1.58. The third-order valence-electron chi connectivity index (χ3n) is 4.85. The number of carbonyl (C=O) groups excluding carboxylic acids is 1. The molecule has 0 amide bonds. The number of benzene rings is 1. The lowest BCUT2D eigenvalue weighted by Crippen LogP contribution is -2.84. The highest BCUT2D eigenvalue weighted by molar-refractivity contribution is 5.89. The molecule has 1 saturated heterocycles. The third-order valence-corrected chi connectivity index (χ3v) is 4.85. The van der Waals surface area contributed by atoms with Crippen molar-refractivity contribution in [2.24, 2.45) is 10.4 Å². The largest absolute Gasteiger partial charge is 0.467 e. The van der Waals surface area contributed by atoms with E-state index in [4.69, 9.17) is 23.9 Å². The number of ether oxygens (including phenoxy) is 4. The van der Waals surface area contributed by atoms with Gasteiger partial charge in [-0.05, 0) is 5.56 Å². The molecule has 0 N–H and O–H groups in total. The van der Waals surface area contributed by atoms with Gasteiger partial charge in [-0.25, -0.2) is 9.79 Å². The van der Waals surface area contributed by atoms with Gasteiger partial charge in [-0.15, -0.1) is 0 Å². The highest BCUT2D eigenvalue weighted by Crippen LogP contribution is 2.68. The Hall–Kier alpha value is -1.92. The summed E-state index contributed by atoms with van der Waals surface area (Å²) in [6.45, 7) is 7.67. The predicted octanol–water partition coefficient (Wildman–Crippen LogP) is 2.62. The first-order valence-electron chi connectivity index (χ1n) is 7.85. The zero-order valence-corrected chi connectivity index (χ0v) is 14.9. The maximum atomic E-state index is 12.9. The second-order valence-electron chi connectivity index (χ2n) is 7.09. The summed E-state index contributed by atoms with van der Waals surface area (Å²) in [5, 5.41) is 0. The smallest absolute Gasteiger partial charge is 0.360 e. The van der Waals surface area contributed by atoms with Gasteiger partial charge in [-0.1, -0.05) is 51.1 Å². The lowest BCUT2D eigenvalue weighted by Gasteiger charge is -2.64. The number of hydrogen-bond donors (Lipinski definition) is 0. The Bertz CT molecular complexity index is 695. The van der Waals surface area contributed by atoms with E-state index < -0.39 is 28.5 Å². The molecule has 1 aromatic carbocycles. The molecule has 24 heavy (non-hydrogen) atoms. The molecule has 130 valence electrons. The number of rotatable bonds is 3. The quantitative estimate of drug-likeness (QED) is 0.796. The molecule has 0 unspecified atom stereocenters. The van der Waals surface area contributed by atoms with Crippen molar-refractivity contribution in [3.05, 3.63) is 35.9 Å². The summed E-state index contributed by atoms with van der Waals surface area (Å²) >= 11 is 0. The summed E-state index contributed by atoms with van der Waals surface area (Å²) in [5.41, 5.74) is -2.44. The van der Waals surface area contributed by atoms with Gasteiger partial charge < -0.3 is 14.2 Å². The molecular weight excluding hydrogens is 310 g/mol. The molecule has 1 fully saturated rings. The molecule has 0 aromatic heterocycles. The maximum Gasteiger partial charge on any atom is 0.360 e. The monoisotopic (exact) mass is 333 g/mol. The molecule has 3 atom stereocenters. The molecule has 2 heterocycles. The summed E-state index contributed by atoms with van der Waals surface area (Å²) in [6.07, 6.45) is 0. The normalized spacial score (nSPS) is 34.7. The molecular formula is C18H23NO5. The van der Waals surface area contributed by atoms with Crippen LogP contribution in [0.5, 0.6) is 0 Å². The lowest BCUT2D eigenvalue weighted by atomic mass is 9.56. The van der Waals surface area contributed by atoms with Gasteiger partial charge >= 0.3 is 11.9 Å². The fraction of sp³-hybridized carbons (Fsp3) is 0.556. The predicted molar refractivity (Wildman–Crippen MR) is 87.3 cm³/mol. The van der Waals surface area contributed by atoms with Crippen molar-refractivity contribution >= 4 is 11.9 Å². The van der Waals surface area contributed by atoms with E-state index in [0.29, 0.717) is 11.5 Å². The van der Waals surface area contributed by atoms with Crippen molar-refractivity contribution in [2.75, 3.05) is 14.2 Å². The molecule has 0 radical (unpaired) electrons. The molecule has 2 aliphatic rings. The van der Waals surface area contributed by atoms with Gasteiger partial charge in [-0.2, -0.15) is 0 Å². The molecule has 0 bridgehead atoms. The van der Waals surface area contributed by atoms with Gasteiger partial charge in [0.15, 0.2) is 5.90 Å². The Morgan fingerprint density at radius 3 is 2.29 bits per heavy atom. The number of aliphatic imine (C=N–C) groups is 1. The number of esters is 1. The molecule has 6 heteroatoms. The van der Waals surface area contributed by atoms with Crippen LogP contribution in [0.25, 0.3) is 0 Å². The Labute approximate surface area is 141 Å². The SMILES string of the molecule is COC(=O)[C@@]1(c2ccccc2)O[C@]2(OC)OC(C)=N[C@@]21C(C)(C)C. The second-order valence-corrected chi connectivity index (χ2v) is 7.09. The van der Waals surface area contributed by atoms with E-state index in [1.807, 2.05) is 51.1 Å². The second kappa shape index (κ2) is 5.04. The highest BCUT2D eigenvalue weighted by atomic mass is 16.9. The van der Waals surface area contributed by atoms with Crippen LogP contribution in [0.2, 0.25) is 0 Å². The molecule has 2 aliphatic heterocycles. The summed E-state index contributed by atoms with van der Waals surface area (Å²) in [4.78, 5) is 17.7. The van der Waals surface area contributed by atoms with Crippen molar-refractivity contribution in [3.8, 4) is 0 Å². The lowest BCUT2D eigenvalue weighted by molar-refractivity contribution is -0.505. The molecule has 3 rings (SSSR count). The van der Waals surface area contributed by atoms with E-state index in [9.17, 15) is 4.79 Å². The van der Waals surface area contributed by atoms with E-state index in [0.717, 1.165) is 0 Å². The van der Waals surface area contributed by atoms with Gasteiger partial charge in [0.1, 0.15) is 0 Å². The Morgan fingerprint density at radius 1 is 1.17 bits per heavy atom. The van der Waals surface area contributed by atoms with Crippen molar-refractivity contribution < 1.29 is 23.7 Å². The van der Waals surface area contributed by atoms with Crippen LogP contribution in [0, 0.1) is 5.41 Å². The van der Waals surface area contributed by atoms with Gasteiger partial charge in [0.05, 0.1) is 7.11 Å². The number of fused-ring (bicyclic) bond motifs is 1. The molecule has 0 spiro atoms. The van der Waals surface area contributed by atoms with Crippen LogP contribution in [0.1, 0.15) is 33.3 Å². The molecule has 0 saturated carbocycles. The average molecular weight is 333 g/mol. The maximum absolute atomic E-state index is 12.9. The van der Waals surface area contributed by atoms with Gasteiger partial charge in [-0.3, -0.25) is 4.74 Å². The Balaban J connectivity index is 2.34. The fourth-order valence-electron chi connectivity index (χ4n) is 3.99. The van der Waals surface area contributed by atoms with E-state index >= 15 is 0 Å². The Kier molecular flexibility index (Phi) is 3.55. The minimum Gasteiger partial charge on any atom is -0.467 e. The number of hydrogen-bond acceptors (Lipinski definition) is 6. The van der Waals surface area contributed by atoms with Crippen molar-refractivity contribution in [1.82, 2.24) is 0 Å². The van der Waals surface area contributed by atoms with Gasteiger partial charge in [0.25, 0.3) is 0 Å². The topological polar surface area (TPSA) is 66.4 Å². The summed E-state index contributed by atoms with van der Waals surface area (Å²) in [7, 11) is 2.83. The fourth-order valence-corrected chi connectivity index (χ4v) is 3.99. The summed E-state index contributed by atoms with van der Waals surface area (Å²) in [6, 6.07) is 9.22. The van der Waals surface area contributed by atoms with E-state index in [2.05, 4.69) is 0 Å². The van der Waals surface area contributed by atoms with E-state index in [-0.39, 0.29) is 0 Å². The van der Waals surface area contributed by atoms with E-state index in [1.165, 1.54) is 14.2 Å². The van der Waals surface area contributed by atoms with Crippen LogP contribution < -0.4 is 0 Å².